The van der Waals surface area contributed by atoms with Crippen LogP contribution in [0.15, 0.2) is 58.6 Å². The van der Waals surface area contributed by atoms with E-state index in [4.69, 9.17) is 4.74 Å². The topological polar surface area (TPSA) is 109 Å². The third-order valence-corrected chi connectivity index (χ3v) is 4.57. The van der Waals surface area contributed by atoms with E-state index in [1.54, 1.807) is 30.5 Å². The number of anilines is 1. The van der Waals surface area contributed by atoms with Gasteiger partial charge in [0.1, 0.15) is 22.8 Å². The van der Waals surface area contributed by atoms with Crippen LogP contribution in [0.5, 0.6) is 5.75 Å². The Morgan fingerprint density at radius 3 is 2.72 bits per heavy atom. The monoisotopic (exact) mass is 393 g/mol. The maximum absolute atomic E-state index is 13.0. The first-order valence-corrected chi connectivity index (χ1v) is 9.10. The smallest absolute Gasteiger partial charge is 0.275 e. The molecule has 29 heavy (non-hydrogen) atoms. The van der Waals surface area contributed by atoms with E-state index in [-0.39, 0.29) is 22.4 Å². The maximum Gasteiger partial charge on any atom is 0.275 e. The molecule has 0 unspecified atom stereocenters. The van der Waals surface area contributed by atoms with Crippen LogP contribution in [-0.2, 0) is 4.74 Å². The summed E-state index contributed by atoms with van der Waals surface area (Å²) in [6, 6.07) is 11.4. The summed E-state index contributed by atoms with van der Waals surface area (Å²) in [5.41, 5.74) is 2.92. The Labute approximate surface area is 165 Å². The van der Waals surface area contributed by atoms with E-state index in [0.717, 1.165) is 0 Å². The van der Waals surface area contributed by atoms with Gasteiger partial charge in [-0.05, 0) is 24.3 Å². The molecule has 1 aromatic carbocycles. The van der Waals surface area contributed by atoms with Crippen LogP contribution >= 0.6 is 0 Å². The minimum atomic E-state index is -0.582. The molecule has 1 aliphatic heterocycles. The number of hydrazone groups is 1. The van der Waals surface area contributed by atoms with Gasteiger partial charge in [0.25, 0.3) is 11.5 Å². The Morgan fingerprint density at radius 1 is 1.17 bits per heavy atom. The van der Waals surface area contributed by atoms with Gasteiger partial charge in [0.2, 0.25) is 0 Å². The predicted octanol–water partition coefficient (Wildman–Crippen LogP) is 1.00. The predicted molar refractivity (Wildman–Crippen MR) is 108 cm³/mol. The van der Waals surface area contributed by atoms with Crippen LogP contribution in [0, 0.1) is 0 Å². The van der Waals surface area contributed by atoms with Crippen molar-refractivity contribution < 1.29 is 14.6 Å². The van der Waals surface area contributed by atoms with Gasteiger partial charge >= 0.3 is 0 Å². The molecule has 2 aromatic heterocycles. The van der Waals surface area contributed by atoms with Gasteiger partial charge < -0.3 is 14.7 Å². The number of aromatic hydroxyl groups is 1. The highest BCUT2D eigenvalue weighted by molar-refractivity contribution is 5.97. The summed E-state index contributed by atoms with van der Waals surface area (Å²) >= 11 is 0. The number of hydrogen-bond acceptors (Lipinski definition) is 7. The van der Waals surface area contributed by atoms with E-state index in [2.05, 4.69) is 15.5 Å². The largest absolute Gasteiger partial charge is 0.507 e. The van der Waals surface area contributed by atoms with E-state index in [1.165, 1.54) is 22.7 Å². The summed E-state index contributed by atoms with van der Waals surface area (Å²) in [6.45, 7) is 2.27. The van der Waals surface area contributed by atoms with Crippen molar-refractivity contribution in [1.82, 2.24) is 14.8 Å². The Morgan fingerprint density at radius 2 is 1.93 bits per heavy atom. The fraction of sp³-hybridized carbons (Fsp3) is 0.200. The number of para-hydroxylation sites is 1. The number of amides is 1. The molecule has 0 spiro atoms. The number of carbonyl (C=O) groups excluding carboxylic acids is 1. The molecule has 1 fully saturated rings. The van der Waals surface area contributed by atoms with Crippen molar-refractivity contribution >= 4 is 23.6 Å². The average molecular weight is 393 g/mol. The zero-order chi connectivity index (χ0) is 20.2. The SMILES string of the molecule is O=C(N/N=C\c1c(N2CCOCC2)nc2ccccn2c1=O)c1ccccc1O. The first kappa shape index (κ1) is 18.6. The lowest BCUT2D eigenvalue weighted by molar-refractivity contribution is 0.0952. The molecule has 0 radical (unpaired) electrons. The fourth-order valence-electron chi connectivity index (χ4n) is 3.10. The molecular formula is C20H19N5O4. The van der Waals surface area contributed by atoms with Crippen molar-refractivity contribution in [3.63, 3.8) is 0 Å². The molecule has 9 heteroatoms. The molecule has 1 saturated heterocycles. The Kier molecular flexibility index (Phi) is 5.21. The van der Waals surface area contributed by atoms with Gasteiger partial charge in [0.15, 0.2) is 0 Å². The van der Waals surface area contributed by atoms with Gasteiger partial charge in [0, 0.05) is 19.3 Å². The van der Waals surface area contributed by atoms with Gasteiger partial charge in [-0.2, -0.15) is 5.10 Å². The minimum absolute atomic E-state index is 0.0893. The summed E-state index contributed by atoms with van der Waals surface area (Å²) < 4.78 is 6.81. The molecule has 0 atom stereocenters. The van der Waals surface area contributed by atoms with Gasteiger partial charge in [-0.3, -0.25) is 14.0 Å². The highest BCUT2D eigenvalue weighted by Gasteiger charge is 2.19. The highest BCUT2D eigenvalue weighted by Crippen LogP contribution is 2.17. The number of fused-ring (bicyclic) bond motifs is 1. The summed E-state index contributed by atoms with van der Waals surface area (Å²) in [5.74, 6) is -0.243. The van der Waals surface area contributed by atoms with Crippen molar-refractivity contribution in [3.05, 3.63) is 70.1 Å². The van der Waals surface area contributed by atoms with E-state index in [1.807, 2.05) is 11.0 Å². The average Bonchev–Trinajstić information content (AvgIpc) is 2.76. The van der Waals surface area contributed by atoms with Crippen molar-refractivity contribution in [2.45, 2.75) is 0 Å². The van der Waals surface area contributed by atoms with Gasteiger partial charge in [-0.15, -0.1) is 0 Å². The van der Waals surface area contributed by atoms with Crippen molar-refractivity contribution in [2.24, 2.45) is 5.10 Å². The third-order valence-electron chi connectivity index (χ3n) is 4.57. The quantitative estimate of drug-likeness (QED) is 0.506. The van der Waals surface area contributed by atoms with Crippen LogP contribution < -0.4 is 15.9 Å². The number of rotatable bonds is 4. The van der Waals surface area contributed by atoms with Crippen LogP contribution in [-0.4, -0.2) is 52.9 Å². The number of morpholine rings is 1. The molecule has 0 saturated carbocycles. The molecule has 1 aliphatic rings. The molecule has 4 rings (SSSR count). The van der Waals surface area contributed by atoms with Crippen molar-refractivity contribution in [1.29, 1.82) is 0 Å². The molecular weight excluding hydrogens is 374 g/mol. The number of aromatic nitrogens is 2. The number of hydrogen-bond donors (Lipinski definition) is 2. The van der Waals surface area contributed by atoms with Crippen LogP contribution in [0.4, 0.5) is 5.82 Å². The summed E-state index contributed by atoms with van der Waals surface area (Å²) in [7, 11) is 0. The van der Waals surface area contributed by atoms with Gasteiger partial charge in [0.05, 0.1) is 25.0 Å². The highest BCUT2D eigenvalue weighted by atomic mass is 16.5. The van der Waals surface area contributed by atoms with Crippen LogP contribution in [0.2, 0.25) is 0 Å². The van der Waals surface area contributed by atoms with Crippen molar-refractivity contribution in [3.8, 4) is 5.75 Å². The number of nitrogens with one attached hydrogen (secondary N) is 1. The Balaban J connectivity index is 1.69. The molecule has 3 aromatic rings. The third kappa shape index (κ3) is 3.81. The molecule has 2 N–H and O–H groups in total. The van der Waals surface area contributed by atoms with Crippen LogP contribution in [0.3, 0.4) is 0 Å². The standard InChI is InChI=1S/C20H19N5O4/c26-16-6-2-1-5-14(16)19(27)23-21-13-15-18(24-9-11-29-12-10-24)22-17-7-3-4-8-25(17)20(15)28/h1-8,13,26H,9-12H2,(H,23,27)/b21-13-. The molecule has 148 valence electrons. The summed E-state index contributed by atoms with van der Waals surface area (Å²) in [5, 5.41) is 13.7. The zero-order valence-corrected chi connectivity index (χ0v) is 15.5. The molecule has 9 nitrogen and oxygen atoms in total. The fourth-order valence-corrected chi connectivity index (χ4v) is 3.10. The van der Waals surface area contributed by atoms with Gasteiger partial charge in [-0.1, -0.05) is 18.2 Å². The van der Waals surface area contributed by atoms with Crippen LogP contribution in [0.1, 0.15) is 15.9 Å². The van der Waals surface area contributed by atoms with E-state index < -0.39 is 5.91 Å². The second kappa shape index (κ2) is 8.11. The second-order valence-electron chi connectivity index (χ2n) is 6.40. The van der Waals surface area contributed by atoms with E-state index >= 15 is 0 Å². The number of pyridine rings is 1. The summed E-state index contributed by atoms with van der Waals surface area (Å²) in [6.07, 6.45) is 2.92. The van der Waals surface area contributed by atoms with Crippen molar-refractivity contribution in [2.75, 3.05) is 31.2 Å². The van der Waals surface area contributed by atoms with E-state index in [9.17, 15) is 14.7 Å². The lowest BCUT2D eigenvalue weighted by atomic mass is 10.2. The molecule has 0 aliphatic carbocycles. The maximum atomic E-state index is 13.0. The number of nitrogens with zero attached hydrogens (tertiary/aromatic N) is 4. The molecule has 0 bridgehead atoms. The number of carbonyl (C=O) groups is 1. The normalized spacial score (nSPS) is 14.4. The summed E-state index contributed by atoms with van der Waals surface area (Å²) in [4.78, 5) is 31.8. The number of phenols is 1. The molecule has 1 amide bonds. The first-order chi connectivity index (χ1) is 14.1. The number of phenolic OH excluding ortho intramolecular Hbond substituents is 1. The first-order valence-electron chi connectivity index (χ1n) is 9.10. The second-order valence-corrected chi connectivity index (χ2v) is 6.40. The Hall–Kier alpha value is -3.72. The molecule has 3 heterocycles. The van der Waals surface area contributed by atoms with Gasteiger partial charge in [-0.25, -0.2) is 10.4 Å². The van der Waals surface area contributed by atoms with Crippen LogP contribution in [0.25, 0.3) is 5.65 Å². The number of benzene rings is 1. The lowest BCUT2D eigenvalue weighted by Gasteiger charge is -2.28. The number of ether oxygens (including phenoxy) is 1. The minimum Gasteiger partial charge on any atom is -0.507 e. The Bertz CT molecular complexity index is 1140. The van der Waals surface area contributed by atoms with E-state index in [0.29, 0.717) is 37.8 Å². The lowest BCUT2D eigenvalue weighted by Crippen LogP contribution is -2.39. The zero-order valence-electron chi connectivity index (χ0n) is 15.5.